The minimum Gasteiger partial charge on any atom is -0.461 e. The molecule has 0 spiro atoms. The van der Waals surface area contributed by atoms with Crippen LogP contribution >= 0.6 is 0 Å². The fourth-order valence-electron chi connectivity index (χ4n) is 2.70. The monoisotopic (exact) mass is 401 g/mol. The normalized spacial score (nSPS) is 19.0. The zero-order valence-corrected chi connectivity index (χ0v) is 15.7. The summed E-state index contributed by atoms with van der Waals surface area (Å²) in [5.74, 6) is -1.64. The second kappa shape index (κ2) is 8.59. The van der Waals surface area contributed by atoms with E-state index in [1.54, 1.807) is 37.3 Å². The molecule has 0 aliphatic carbocycles. The number of carbonyl (C=O) groups excluding carboxylic acids is 2. The van der Waals surface area contributed by atoms with Crippen LogP contribution in [0.15, 0.2) is 35.4 Å². The summed E-state index contributed by atoms with van der Waals surface area (Å²) >= 11 is 0. The first kappa shape index (κ1) is 21.7. The molecule has 1 aliphatic heterocycles. The van der Waals surface area contributed by atoms with Crippen molar-refractivity contribution in [2.24, 2.45) is 5.10 Å². The maximum Gasteiger partial charge on any atom is 0.413 e. The van der Waals surface area contributed by atoms with Crippen molar-refractivity contribution >= 4 is 23.3 Å². The predicted molar refractivity (Wildman–Crippen MR) is 95.9 cm³/mol. The molecule has 0 saturated heterocycles. The summed E-state index contributed by atoms with van der Waals surface area (Å²) in [4.78, 5) is 24.8. The number of carbonyl (C=O) groups is 2. The van der Waals surface area contributed by atoms with Crippen molar-refractivity contribution in [1.29, 1.82) is 0 Å². The number of methoxy groups -OCH3 is 1. The molecule has 0 fully saturated rings. The van der Waals surface area contributed by atoms with E-state index >= 15 is 0 Å². The first-order chi connectivity index (χ1) is 13.1. The Kier molecular flexibility index (Phi) is 6.65. The lowest BCUT2D eigenvalue weighted by Gasteiger charge is -2.34. The van der Waals surface area contributed by atoms with E-state index in [2.05, 4.69) is 9.84 Å². The SMILES string of the molecule is CCOC(=O)C1=NN(c2ccccc2)[C@@H](C(=O)N[C@](C)(COC)C(F)(F)F)C1. The number of para-hydroxylation sites is 1. The number of ether oxygens (including phenoxy) is 2. The molecular weight excluding hydrogens is 379 g/mol. The summed E-state index contributed by atoms with van der Waals surface area (Å²) in [5, 5.41) is 7.36. The lowest BCUT2D eigenvalue weighted by Crippen LogP contribution is -2.62. The quantitative estimate of drug-likeness (QED) is 0.709. The molecule has 0 radical (unpaired) electrons. The Labute approximate surface area is 160 Å². The third-order valence-electron chi connectivity index (χ3n) is 4.20. The van der Waals surface area contributed by atoms with E-state index in [1.165, 1.54) is 5.01 Å². The number of anilines is 1. The Morgan fingerprint density at radius 3 is 2.46 bits per heavy atom. The highest BCUT2D eigenvalue weighted by molar-refractivity contribution is 6.38. The van der Waals surface area contributed by atoms with Crippen molar-refractivity contribution in [3.8, 4) is 0 Å². The summed E-state index contributed by atoms with van der Waals surface area (Å²) < 4.78 is 49.9. The van der Waals surface area contributed by atoms with Crippen molar-refractivity contribution < 1.29 is 32.2 Å². The molecule has 1 aromatic carbocycles. The van der Waals surface area contributed by atoms with Crippen molar-refractivity contribution in [3.63, 3.8) is 0 Å². The fourth-order valence-corrected chi connectivity index (χ4v) is 2.70. The van der Waals surface area contributed by atoms with Gasteiger partial charge in [0.1, 0.15) is 11.8 Å². The zero-order valence-electron chi connectivity index (χ0n) is 15.7. The number of hydrogen-bond donors (Lipinski definition) is 1. The average Bonchev–Trinajstić information content (AvgIpc) is 3.07. The Bertz CT molecular complexity index is 739. The minimum absolute atomic E-state index is 0.0358. The number of rotatable bonds is 7. The van der Waals surface area contributed by atoms with Gasteiger partial charge in [-0.2, -0.15) is 18.3 Å². The van der Waals surface area contributed by atoms with Gasteiger partial charge in [-0.1, -0.05) is 18.2 Å². The predicted octanol–water partition coefficient (Wildman–Crippen LogP) is 2.27. The van der Waals surface area contributed by atoms with Crippen molar-refractivity contribution in [2.75, 3.05) is 25.3 Å². The lowest BCUT2D eigenvalue weighted by molar-refractivity contribution is -0.205. The molecule has 0 aromatic heterocycles. The van der Waals surface area contributed by atoms with Crippen LogP contribution in [0.2, 0.25) is 0 Å². The third-order valence-corrected chi connectivity index (χ3v) is 4.20. The van der Waals surface area contributed by atoms with E-state index in [-0.39, 0.29) is 18.7 Å². The van der Waals surface area contributed by atoms with Gasteiger partial charge in [0.25, 0.3) is 0 Å². The van der Waals surface area contributed by atoms with Crippen molar-refractivity contribution in [1.82, 2.24) is 5.32 Å². The number of nitrogens with one attached hydrogen (secondary N) is 1. The highest BCUT2D eigenvalue weighted by atomic mass is 19.4. The molecule has 154 valence electrons. The average molecular weight is 401 g/mol. The third kappa shape index (κ3) is 4.61. The Morgan fingerprint density at radius 1 is 1.29 bits per heavy atom. The molecule has 2 rings (SSSR count). The molecule has 0 unspecified atom stereocenters. The highest BCUT2D eigenvalue weighted by Crippen LogP contribution is 2.32. The fraction of sp³-hybridized carbons (Fsp3) is 0.500. The molecule has 1 aromatic rings. The molecule has 1 aliphatic rings. The second-order valence-corrected chi connectivity index (χ2v) is 6.42. The summed E-state index contributed by atoms with van der Waals surface area (Å²) in [6.07, 6.45) is -4.92. The van der Waals surface area contributed by atoms with Crippen LogP contribution in [0.4, 0.5) is 18.9 Å². The highest BCUT2D eigenvalue weighted by Gasteiger charge is 2.53. The van der Waals surface area contributed by atoms with Crippen LogP contribution in [0.5, 0.6) is 0 Å². The number of esters is 1. The second-order valence-electron chi connectivity index (χ2n) is 6.42. The van der Waals surface area contributed by atoms with Gasteiger partial charge in [0.2, 0.25) is 5.91 Å². The Morgan fingerprint density at radius 2 is 1.93 bits per heavy atom. The number of hydrazone groups is 1. The molecular formula is C18H22F3N3O4. The molecule has 1 N–H and O–H groups in total. The number of alkyl halides is 3. The maximum absolute atomic E-state index is 13.5. The minimum atomic E-state index is -4.74. The summed E-state index contributed by atoms with van der Waals surface area (Å²) in [6, 6.07) is 7.25. The van der Waals surface area contributed by atoms with Crippen LogP contribution in [0.25, 0.3) is 0 Å². The van der Waals surface area contributed by atoms with Gasteiger partial charge in [-0.3, -0.25) is 9.80 Å². The number of benzene rings is 1. The molecule has 2 atom stereocenters. The molecule has 10 heteroatoms. The van der Waals surface area contributed by atoms with Gasteiger partial charge in [0.15, 0.2) is 5.54 Å². The molecule has 1 amide bonds. The summed E-state index contributed by atoms with van der Waals surface area (Å²) in [7, 11) is 1.12. The molecule has 0 saturated carbocycles. The number of hydrogen-bond acceptors (Lipinski definition) is 6. The van der Waals surface area contributed by atoms with Crippen LogP contribution < -0.4 is 10.3 Å². The molecule has 28 heavy (non-hydrogen) atoms. The molecule has 1 heterocycles. The van der Waals surface area contributed by atoms with Crippen LogP contribution in [0, 0.1) is 0 Å². The molecule has 0 bridgehead atoms. The van der Waals surface area contributed by atoms with Crippen LogP contribution in [-0.4, -0.2) is 55.7 Å². The Balaban J connectivity index is 2.31. The van der Waals surface area contributed by atoms with E-state index in [9.17, 15) is 22.8 Å². The van der Waals surface area contributed by atoms with Gasteiger partial charge in [-0.05, 0) is 26.0 Å². The number of nitrogens with zero attached hydrogens (tertiary/aromatic N) is 2. The molecule has 7 nitrogen and oxygen atoms in total. The standard InChI is InChI=1S/C18H22F3N3O4/c1-4-28-16(26)13-10-14(24(23-13)12-8-6-5-7-9-12)15(25)22-17(2,11-27-3)18(19,20)21/h5-9,14H,4,10-11H2,1-3H3,(H,22,25)/t14-,17-/m1/s1. The van der Waals surface area contributed by atoms with Gasteiger partial charge in [0, 0.05) is 13.5 Å². The van der Waals surface area contributed by atoms with Crippen molar-refractivity contribution in [2.45, 2.75) is 38.0 Å². The van der Waals surface area contributed by atoms with Crippen LogP contribution in [-0.2, 0) is 19.1 Å². The summed E-state index contributed by atoms with van der Waals surface area (Å²) in [6.45, 7) is 1.81. The first-order valence-electron chi connectivity index (χ1n) is 8.59. The van der Waals surface area contributed by atoms with E-state index in [0.717, 1.165) is 14.0 Å². The van der Waals surface area contributed by atoms with E-state index in [4.69, 9.17) is 4.74 Å². The van der Waals surface area contributed by atoms with Crippen molar-refractivity contribution in [3.05, 3.63) is 30.3 Å². The van der Waals surface area contributed by atoms with Crippen LogP contribution in [0.1, 0.15) is 20.3 Å². The first-order valence-corrected chi connectivity index (χ1v) is 8.59. The van der Waals surface area contributed by atoms with Gasteiger partial charge in [-0.15, -0.1) is 0 Å². The smallest absolute Gasteiger partial charge is 0.413 e. The lowest BCUT2D eigenvalue weighted by atomic mass is 10.0. The van der Waals surface area contributed by atoms with Gasteiger partial charge in [-0.25, -0.2) is 4.79 Å². The number of amides is 1. The number of halogens is 3. The van der Waals surface area contributed by atoms with Gasteiger partial charge < -0.3 is 14.8 Å². The topological polar surface area (TPSA) is 80.2 Å². The Hall–Kier alpha value is -2.62. The van der Waals surface area contributed by atoms with E-state index < -0.39 is 36.2 Å². The van der Waals surface area contributed by atoms with Gasteiger partial charge in [0.05, 0.1) is 18.9 Å². The van der Waals surface area contributed by atoms with Crippen LogP contribution in [0.3, 0.4) is 0 Å². The van der Waals surface area contributed by atoms with E-state index in [0.29, 0.717) is 5.69 Å². The maximum atomic E-state index is 13.5. The zero-order chi connectivity index (χ0) is 20.9. The van der Waals surface area contributed by atoms with Gasteiger partial charge >= 0.3 is 12.1 Å². The summed E-state index contributed by atoms with van der Waals surface area (Å²) in [5.41, 5.74) is -2.16. The van der Waals surface area contributed by atoms with E-state index in [1.807, 2.05) is 5.32 Å². The largest absolute Gasteiger partial charge is 0.461 e.